The van der Waals surface area contributed by atoms with E-state index in [0.717, 1.165) is 0 Å². The maximum atomic E-state index is 11.8. The number of carbonyl (C=O) groups excluding carboxylic acids is 1. The molecule has 0 unspecified atom stereocenters. The van der Waals surface area contributed by atoms with E-state index in [9.17, 15) is 15.0 Å². The number of phenols is 2. The third-order valence-electron chi connectivity index (χ3n) is 2.74. The summed E-state index contributed by atoms with van der Waals surface area (Å²) in [6, 6.07) is 12.8. The Morgan fingerprint density at radius 1 is 1.10 bits per heavy atom. The van der Waals surface area contributed by atoms with Gasteiger partial charge in [0.05, 0.1) is 11.3 Å². The van der Waals surface area contributed by atoms with Crippen molar-refractivity contribution >= 4 is 11.6 Å². The smallest absolute Gasteiger partial charge is 0.275 e. The number of amides is 1. The first-order chi connectivity index (χ1) is 9.58. The number of carbonyl (C=O) groups is 1. The molecular formula is C15H14N2O3. The van der Waals surface area contributed by atoms with Gasteiger partial charge in [-0.1, -0.05) is 24.3 Å². The monoisotopic (exact) mass is 270 g/mol. The summed E-state index contributed by atoms with van der Waals surface area (Å²) in [6.07, 6.45) is 0. The lowest BCUT2D eigenvalue weighted by molar-refractivity contribution is 0.0952. The van der Waals surface area contributed by atoms with Crippen molar-refractivity contribution in [3.8, 4) is 11.5 Å². The Kier molecular flexibility index (Phi) is 4.00. The lowest BCUT2D eigenvalue weighted by Crippen LogP contribution is -2.19. The van der Waals surface area contributed by atoms with Crippen molar-refractivity contribution in [1.82, 2.24) is 5.43 Å². The molecule has 0 spiro atoms. The van der Waals surface area contributed by atoms with E-state index in [4.69, 9.17) is 0 Å². The molecule has 20 heavy (non-hydrogen) atoms. The van der Waals surface area contributed by atoms with Gasteiger partial charge in [-0.05, 0) is 31.2 Å². The fourth-order valence-corrected chi connectivity index (χ4v) is 1.66. The minimum atomic E-state index is -0.498. The summed E-state index contributed by atoms with van der Waals surface area (Å²) in [7, 11) is 0. The number of aromatic hydroxyl groups is 2. The fourth-order valence-electron chi connectivity index (χ4n) is 1.66. The summed E-state index contributed by atoms with van der Waals surface area (Å²) < 4.78 is 0. The van der Waals surface area contributed by atoms with E-state index in [1.54, 1.807) is 43.3 Å². The largest absolute Gasteiger partial charge is 0.508 e. The molecule has 0 saturated carbocycles. The minimum Gasteiger partial charge on any atom is -0.508 e. The first-order valence-corrected chi connectivity index (χ1v) is 6.00. The maximum Gasteiger partial charge on any atom is 0.275 e. The number of nitrogens with one attached hydrogen (secondary N) is 1. The van der Waals surface area contributed by atoms with Gasteiger partial charge < -0.3 is 10.2 Å². The molecule has 0 aliphatic heterocycles. The molecule has 0 aromatic heterocycles. The molecule has 102 valence electrons. The molecule has 2 aromatic carbocycles. The van der Waals surface area contributed by atoms with E-state index in [1.165, 1.54) is 12.1 Å². The molecule has 0 atom stereocenters. The molecule has 1 amide bonds. The van der Waals surface area contributed by atoms with E-state index in [-0.39, 0.29) is 17.1 Å². The summed E-state index contributed by atoms with van der Waals surface area (Å²) in [5.41, 5.74) is 3.76. The molecule has 2 rings (SSSR count). The Labute approximate surface area is 116 Å². The van der Waals surface area contributed by atoms with E-state index in [2.05, 4.69) is 10.5 Å². The van der Waals surface area contributed by atoms with Crippen LogP contribution in [-0.2, 0) is 0 Å². The summed E-state index contributed by atoms with van der Waals surface area (Å²) in [6.45, 7) is 1.71. The predicted octanol–water partition coefficient (Wildman–Crippen LogP) is 2.25. The van der Waals surface area contributed by atoms with Crippen LogP contribution < -0.4 is 5.43 Å². The number of hydrogen-bond donors (Lipinski definition) is 3. The van der Waals surface area contributed by atoms with E-state index < -0.39 is 5.91 Å². The zero-order chi connectivity index (χ0) is 14.5. The Hall–Kier alpha value is -2.82. The highest BCUT2D eigenvalue weighted by molar-refractivity contribution is 6.01. The molecule has 0 aliphatic rings. The third-order valence-corrected chi connectivity index (χ3v) is 2.74. The van der Waals surface area contributed by atoms with Crippen LogP contribution in [-0.4, -0.2) is 21.8 Å². The van der Waals surface area contributed by atoms with Crippen LogP contribution in [0.1, 0.15) is 22.8 Å². The summed E-state index contributed by atoms with van der Waals surface area (Å²) in [4.78, 5) is 11.8. The molecule has 3 N–H and O–H groups in total. The van der Waals surface area contributed by atoms with Crippen LogP contribution in [0.25, 0.3) is 0 Å². The van der Waals surface area contributed by atoms with Crippen molar-refractivity contribution < 1.29 is 15.0 Å². The third kappa shape index (κ3) is 3.14. The molecule has 0 heterocycles. The second-order valence-corrected chi connectivity index (χ2v) is 4.21. The van der Waals surface area contributed by atoms with Gasteiger partial charge in [-0.25, -0.2) is 5.43 Å². The van der Waals surface area contributed by atoms with Gasteiger partial charge in [0.1, 0.15) is 11.5 Å². The van der Waals surface area contributed by atoms with Crippen LogP contribution in [0, 0.1) is 0 Å². The van der Waals surface area contributed by atoms with Gasteiger partial charge in [-0.15, -0.1) is 0 Å². The van der Waals surface area contributed by atoms with Gasteiger partial charge in [0, 0.05) is 5.56 Å². The van der Waals surface area contributed by atoms with Gasteiger partial charge in [0.2, 0.25) is 0 Å². The van der Waals surface area contributed by atoms with E-state index >= 15 is 0 Å². The van der Waals surface area contributed by atoms with Crippen LogP contribution in [0.2, 0.25) is 0 Å². The number of hydrogen-bond acceptors (Lipinski definition) is 4. The van der Waals surface area contributed by atoms with Crippen LogP contribution >= 0.6 is 0 Å². The quantitative estimate of drug-likeness (QED) is 0.591. The van der Waals surface area contributed by atoms with Gasteiger partial charge in [-0.2, -0.15) is 5.10 Å². The van der Waals surface area contributed by atoms with Gasteiger partial charge in [0.25, 0.3) is 5.91 Å². The zero-order valence-electron chi connectivity index (χ0n) is 10.9. The minimum absolute atomic E-state index is 0.102. The van der Waals surface area contributed by atoms with Crippen molar-refractivity contribution in [3.63, 3.8) is 0 Å². The van der Waals surface area contributed by atoms with Crippen molar-refractivity contribution in [1.29, 1.82) is 0 Å². The highest BCUT2D eigenvalue weighted by Crippen LogP contribution is 2.15. The van der Waals surface area contributed by atoms with Gasteiger partial charge >= 0.3 is 0 Å². The lowest BCUT2D eigenvalue weighted by Gasteiger charge is -2.04. The summed E-state index contributed by atoms with van der Waals surface area (Å²) >= 11 is 0. The highest BCUT2D eigenvalue weighted by Gasteiger charge is 2.09. The van der Waals surface area contributed by atoms with Crippen LogP contribution in [0.3, 0.4) is 0 Å². The first-order valence-electron chi connectivity index (χ1n) is 6.00. The highest BCUT2D eigenvalue weighted by atomic mass is 16.3. The van der Waals surface area contributed by atoms with Gasteiger partial charge in [0.15, 0.2) is 0 Å². The predicted molar refractivity (Wildman–Crippen MR) is 75.9 cm³/mol. The lowest BCUT2D eigenvalue weighted by atomic mass is 10.1. The topological polar surface area (TPSA) is 81.9 Å². The van der Waals surface area contributed by atoms with Crippen molar-refractivity contribution in [2.24, 2.45) is 5.10 Å². The molecule has 0 aliphatic carbocycles. The van der Waals surface area contributed by atoms with Crippen molar-refractivity contribution in [2.45, 2.75) is 6.92 Å². The first kappa shape index (κ1) is 13.6. The average molecular weight is 270 g/mol. The summed E-state index contributed by atoms with van der Waals surface area (Å²) in [5, 5.41) is 22.9. The van der Waals surface area contributed by atoms with Crippen LogP contribution in [0.15, 0.2) is 53.6 Å². The second-order valence-electron chi connectivity index (χ2n) is 4.21. The van der Waals surface area contributed by atoms with Gasteiger partial charge in [-0.3, -0.25) is 4.79 Å². The van der Waals surface area contributed by atoms with E-state index in [0.29, 0.717) is 11.3 Å². The van der Waals surface area contributed by atoms with Crippen LogP contribution in [0.5, 0.6) is 11.5 Å². The molecule has 2 aromatic rings. The molecule has 0 bridgehead atoms. The SMILES string of the molecule is CC(=NNC(=O)c1ccccc1O)c1cccc(O)c1. The maximum absolute atomic E-state index is 11.8. The number of benzene rings is 2. The molecule has 5 nitrogen and oxygen atoms in total. The number of para-hydroxylation sites is 1. The molecular weight excluding hydrogens is 256 g/mol. The zero-order valence-corrected chi connectivity index (χ0v) is 10.9. The molecule has 5 heteroatoms. The van der Waals surface area contributed by atoms with Crippen molar-refractivity contribution in [2.75, 3.05) is 0 Å². The van der Waals surface area contributed by atoms with Crippen LogP contribution in [0.4, 0.5) is 0 Å². The Bertz CT molecular complexity index is 666. The standard InChI is InChI=1S/C15H14N2O3/c1-10(11-5-4-6-12(18)9-11)16-17-15(20)13-7-2-3-8-14(13)19/h2-9,18-19H,1H3,(H,17,20). The molecule has 0 fully saturated rings. The van der Waals surface area contributed by atoms with E-state index in [1.807, 2.05) is 0 Å². The van der Waals surface area contributed by atoms with Crippen molar-refractivity contribution in [3.05, 3.63) is 59.7 Å². The Morgan fingerprint density at radius 3 is 2.55 bits per heavy atom. The normalized spacial score (nSPS) is 11.2. The number of hydrazone groups is 1. The Morgan fingerprint density at radius 2 is 1.85 bits per heavy atom. The average Bonchev–Trinajstić information content (AvgIpc) is 2.45. The summed E-state index contributed by atoms with van der Waals surface area (Å²) in [5.74, 6) is -0.470. The Balaban J connectivity index is 2.13. The number of phenolic OH excluding ortho intramolecular Hbond substituents is 2. The second kappa shape index (κ2) is 5.88. The number of rotatable bonds is 3. The molecule has 0 saturated heterocycles. The molecule has 0 radical (unpaired) electrons. The number of nitrogens with zero attached hydrogens (tertiary/aromatic N) is 1. The fraction of sp³-hybridized carbons (Fsp3) is 0.0667.